The molecule has 0 aromatic heterocycles. The Labute approximate surface area is 92.7 Å². The van der Waals surface area contributed by atoms with Crippen molar-refractivity contribution in [3.63, 3.8) is 0 Å². The van der Waals surface area contributed by atoms with Crippen molar-refractivity contribution >= 4 is 16.9 Å². The van der Waals surface area contributed by atoms with Crippen molar-refractivity contribution in [2.45, 2.75) is 64.7 Å². The van der Waals surface area contributed by atoms with Crippen LogP contribution < -0.4 is 0 Å². The normalized spacial score (nSPS) is 11.2. The summed E-state index contributed by atoms with van der Waals surface area (Å²) in [4.78, 5) is 2.09. The Morgan fingerprint density at radius 3 is 1.92 bits per heavy atom. The minimum atomic E-state index is 1.27. The molecule has 0 atom stereocenters. The number of rotatable bonds is 9. The fourth-order valence-corrected chi connectivity index (χ4v) is 1.78. The van der Waals surface area contributed by atoms with E-state index in [0.29, 0.717) is 0 Å². The molecular formula is C12H23As. The fraction of sp³-hybridized carbons (Fsp3) is 0.833. The van der Waals surface area contributed by atoms with Crippen LogP contribution in [0.4, 0.5) is 0 Å². The maximum absolute atomic E-state index is 2.49. The molecule has 1 heteroatoms. The zero-order valence-corrected chi connectivity index (χ0v) is 10.8. The summed E-state index contributed by atoms with van der Waals surface area (Å²) in [6, 6.07) is 0. The molecule has 0 aliphatic rings. The quantitative estimate of drug-likeness (QED) is 0.420. The van der Waals surface area contributed by atoms with E-state index in [1.807, 2.05) is 0 Å². The van der Waals surface area contributed by atoms with Crippen LogP contribution in [0.1, 0.15) is 64.7 Å². The van der Waals surface area contributed by atoms with Gasteiger partial charge in [-0.15, -0.1) is 0 Å². The molecule has 0 aliphatic carbocycles. The van der Waals surface area contributed by atoms with Gasteiger partial charge in [-0.1, -0.05) is 0 Å². The van der Waals surface area contributed by atoms with Crippen LogP contribution in [0, 0.1) is 0 Å². The zero-order valence-electron chi connectivity index (χ0n) is 8.97. The predicted molar refractivity (Wildman–Crippen MR) is 62.1 cm³/mol. The monoisotopic (exact) mass is 242 g/mol. The molecule has 0 heterocycles. The second-order valence-electron chi connectivity index (χ2n) is 3.65. The van der Waals surface area contributed by atoms with Crippen LogP contribution in [0.5, 0.6) is 0 Å². The van der Waals surface area contributed by atoms with Gasteiger partial charge in [0.1, 0.15) is 0 Å². The summed E-state index contributed by atoms with van der Waals surface area (Å²) in [6.07, 6.45) is 14.9. The summed E-state index contributed by atoms with van der Waals surface area (Å²) in [5.74, 6) is 0. The molecule has 0 fully saturated rings. The average molecular weight is 242 g/mol. The van der Waals surface area contributed by atoms with Crippen molar-refractivity contribution in [3.05, 3.63) is 10.9 Å². The fourth-order valence-electron chi connectivity index (χ4n) is 1.47. The van der Waals surface area contributed by atoms with E-state index in [9.17, 15) is 0 Å². The van der Waals surface area contributed by atoms with E-state index in [4.69, 9.17) is 0 Å². The molecule has 0 rings (SSSR count). The Kier molecular flexibility index (Phi) is 12.6. The predicted octanol–water partition coefficient (Wildman–Crippen LogP) is 4.20. The molecule has 0 amide bonds. The third kappa shape index (κ3) is 12.3. The summed E-state index contributed by atoms with van der Waals surface area (Å²) < 4.78 is 0. The molecule has 0 aromatic carbocycles. The maximum atomic E-state index is 2.49. The molecule has 0 nitrogen and oxygen atoms in total. The summed E-state index contributed by atoms with van der Waals surface area (Å²) >= 11 is 2.49. The van der Waals surface area contributed by atoms with Crippen molar-refractivity contribution in [3.8, 4) is 0 Å². The van der Waals surface area contributed by atoms with E-state index in [1.54, 1.807) is 0 Å². The number of hydrogen-bond acceptors (Lipinski definition) is 0. The summed E-state index contributed by atoms with van der Waals surface area (Å²) in [5.41, 5.74) is 0. The van der Waals surface area contributed by atoms with Gasteiger partial charge in [-0.3, -0.25) is 0 Å². The van der Waals surface area contributed by atoms with Crippen LogP contribution in [0.3, 0.4) is 0 Å². The summed E-state index contributed by atoms with van der Waals surface area (Å²) in [7, 11) is 0. The second kappa shape index (κ2) is 12.3. The van der Waals surface area contributed by atoms with Gasteiger partial charge in [0.15, 0.2) is 0 Å². The topological polar surface area (TPSA) is 0 Å². The van der Waals surface area contributed by atoms with Gasteiger partial charge in [-0.25, -0.2) is 0 Å². The first kappa shape index (κ1) is 13.3. The zero-order chi connectivity index (χ0) is 9.78. The molecule has 0 saturated carbocycles. The van der Waals surface area contributed by atoms with E-state index in [1.165, 1.54) is 57.8 Å². The summed E-state index contributed by atoms with van der Waals surface area (Å²) in [6.45, 7) is 2.27. The number of unbranched alkanes of at least 4 members (excludes halogenated alkanes) is 8. The van der Waals surface area contributed by atoms with Crippen molar-refractivity contribution < 1.29 is 0 Å². The number of hydrogen-bond donors (Lipinski definition) is 0. The third-order valence-corrected chi connectivity index (χ3v) is 2.77. The van der Waals surface area contributed by atoms with Crippen LogP contribution in [0.15, 0.2) is 10.9 Å². The Morgan fingerprint density at radius 1 is 0.846 bits per heavy atom. The molecule has 0 unspecified atom stereocenters. The second-order valence-corrected chi connectivity index (χ2v) is 4.27. The van der Waals surface area contributed by atoms with Crippen molar-refractivity contribution in [1.82, 2.24) is 0 Å². The van der Waals surface area contributed by atoms with Gasteiger partial charge in [0.25, 0.3) is 0 Å². The average Bonchev–Trinajstić information content (AvgIpc) is 2.16. The first-order chi connectivity index (χ1) is 6.41. The van der Waals surface area contributed by atoms with Crippen LogP contribution in [0.2, 0.25) is 0 Å². The van der Waals surface area contributed by atoms with Gasteiger partial charge >= 0.3 is 92.5 Å². The summed E-state index contributed by atoms with van der Waals surface area (Å²) in [5, 5.41) is 0. The van der Waals surface area contributed by atoms with E-state index >= 15 is 0 Å². The standard InChI is InChI=1S/C12H23As/c1-2-3-4-5-6-7-8-9-10-11-12-13/h11-12H,2-10H2,1H3/b12-11+. The molecule has 0 bridgehead atoms. The molecule has 76 valence electrons. The minimum absolute atomic E-state index is 1.27. The molecule has 0 aromatic rings. The number of allylic oxidation sites excluding steroid dienone is 1. The Bertz CT molecular complexity index is 108. The van der Waals surface area contributed by atoms with Crippen molar-refractivity contribution in [2.24, 2.45) is 0 Å². The van der Waals surface area contributed by atoms with Crippen LogP contribution in [0.25, 0.3) is 0 Å². The Hall–Kier alpha value is 0.298. The molecule has 2 radical (unpaired) electrons. The van der Waals surface area contributed by atoms with Crippen LogP contribution in [-0.2, 0) is 0 Å². The van der Waals surface area contributed by atoms with Crippen LogP contribution >= 0.6 is 0 Å². The van der Waals surface area contributed by atoms with Gasteiger partial charge in [0.05, 0.1) is 0 Å². The van der Waals surface area contributed by atoms with Gasteiger partial charge in [-0.05, 0) is 0 Å². The Balaban J connectivity index is 2.83. The van der Waals surface area contributed by atoms with E-state index in [0.717, 1.165) is 0 Å². The molecule has 0 aliphatic heterocycles. The molecule has 0 saturated heterocycles. The van der Waals surface area contributed by atoms with Crippen molar-refractivity contribution in [1.29, 1.82) is 0 Å². The van der Waals surface area contributed by atoms with Gasteiger partial charge in [-0.2, -0.15) is 0 Å². The van der Waals surface area contributed by atoms with Gasteiger partial charge in [0.2, 0.25) is 0 Å². The van der Waals surface area contributed by atoms with Crippen LogP contribution in [-0.4, -0.2) is 16.9 Å². The first-order valence-electron chi connectivity index (χ1n) is 5.71. The van der Waals surface area contributed by atoms with Gasteiger partial charge < -0.3 is 0 Å². The molecular weight excluding hydrogens is 219 g/mol. The molecule has 0 spiro atoms. The van der Waals surface area contributed by atoms with E-state index in [2.05, 4.69) is 34.7 Å². The van der Waals surface area contributed by atoms with E-state index in [-0.39, 0.29) is 0 Å². The SMILES string of the molecule is CCCCCCCCCC/C=C/[As]. The first-order valence-corrected chi connectivity index (χ1v) is 6.79. The molecule has 13 heavy (non-hydrogen) atoms. The Morgan fingerprint density at radius 2 is 1.38 bits per heavy atom. The third-order valence-electron chi connectivity index (χ3n) is 2.33. The van der Waals surface area contributed by atoms with Gasteiger partial charge in [0, 0.05) is 0 Å². The van der Waals surface area contributed by atoms with E-state index < -0.39 is 0 Å². The van der Waals surface area contributed by atoms with Crippen molar-refractivity contribution in [2.75, 3.05) is 0 Å². The molecule has 0 N–H and O–H groups in total.